The van der Waals surface area contributed by atoms with E-state index in [0.29, 0.717) is 11.8 Å². The number of hydrogen-bond acceptors (Lipinski definition) is 2. The van der Waals surface area contributed by atoms with Gasteiger partial charge in [-0.2, -0.15) is 0 Å². The van der Waals surface area contributed by atoms with Crippen LogP contribution in [0.3, 0.4) is 0 Å². The van der Waals surface area contributed by atoms with Crippen molar-refractivity contribution in [3.63, 3.8) is 0 Å². The lowest BCUT2D eigenvalue weighted by atomic mass is 9.68. The first-order valence-corrected chi connectivity index (χ1v) is 7.94. The summed E-state index contributed by atoms with van der Waals surface area (Å²) in [5.74, 6) is 1.11. The van der Waals surface area contributed by atoms with Crippen molar-refractivity contribution in [3.8, 4) is 0 Å². The zero-order valence-corrected chi connectivity index (χ0v) is 12.5. The average Bonchev–Trinajstić information content (AvgIpc) is 2.38. The highest BCUT2D eigenvalue weighted by molar-refractivity contribution is 5.79. The molecular formula is C16H29NO2. The first kappa shape index (κ1) is 14.8. The monoisotopic (exact) mass is 267 g/mol. The SMILES string of the molecule is CC1(C)CCCCC1C(=O)N1CCCC(CCO)C1. The van der Waals surface area contributed by atoms with Gasteiger partial charge in [-0.15, -0.1) is 0 Å². The Hall–Kier alpha value is -0.570. The molecule has 2 atom stereocenters. The molecule has 0 aromatic carbocycles. The number of piperidine rings is 1. The number of amides is 1. The van der Waals surface area contributed by atoms with Gasteiger partial charge in [0.05, 0.1) is 0 Å². The Morgan fingerprint density at radius 1 is 1.26 bits per heavy atom. The van der Waals surface area contributed by atoms with Crippen molar-refractivity contribution >= 4 is 5.91 Å². The minimum absolute atomic E-state index is 0.166. The Morgan fingerprint density at radius 3 is 2.74 bits per heavy atom. The maximum Gasteiger partial charge on any atom is 0.226 e. The molecule has 0 spiro atoms. The van der Waals surface area contributed by atoms with Crippen LogP contribution in [0.1, 0.15) is 58.8 Å². The molecule has 2 rings (SSSR count). The summed E-state index contributed by atoms with van der Waals surface area (Å²) in [4.78, 5) is 14.9. The summed E-state index contributed by atoms with van der Waals surface area (Å²) < 4.78 is 0. The molecule has 0 aromatic rings. The van der Waals surface area contributed by atoms with Crippen LogP contribution >= 0.6 is 0 Å². The largest absolute Gasteiger partial charge is 0.396 e. The van der Waals surface area contributed by atoms with Crippen LogP contribution in [0.4, 0.5) is 0 Å². The van der Waals surface area contributed by atoms with Gasteiger partial charge >= 0.3 is 0 Å². The van der Waals surface area contributed by atoms with Crippen LogP contribution in [0.2, 0.25) is 0 Å². The third-order valence-electron chi connectivity index (χ3n) is 5.17. The minimum atomic E-state index is 0.166. The molecule has 1 saturated heterocycles. The number of carbonyl (C=O) groups is 1. The molecule has 0 bridgehead atoms. The molecule has 110 valence electrons. The second kappa shape index (κ2) is 6.25. The predicted molar refractivity (Wildman–Crippen MR) is 76.7 cm³/mol. The van der Waals surface area contributed by atoms with Crippen LogP contribution in [0.25, 0.3) is 0 Å². The summed E-state index contributed by atoms with van der Waals surface area (Å²) in [6.45, 7) is 6.55. The first-order chi connectivity index (χ1) is 9.04. The fraction of sp³-hybridized carbons (Fsp3) is 0.938. The predicted octanol–water partition coefficient (Wildman–Crippen LogP) is 2.82. The second-order valence-corrected chi connectivity index (χ2v) is 7.09. The molecule has 3 heteroatoms. The Bertz CT molecular complexity index is 312. The van der Waals surface area contributed by atoms with Crippen molar-refractivity contribution < 1.29 is 9.90 Å². The summed E-state index contributed by atoms with van der Waals surface area (Å²) in [5.41, 5.74) is 0.166. The minimum Gasteiger partial charge on any atom is -0.396 e. The third-order valence-corrected chi connectivity index (χ3v) is 5.17. The standard InChI is InChI=1S/C16H29NO2/c1-16(2)9-4-3-7-14(16)15(19)17-10-5-6-13(12-17)8-11-18/h13-14,18H,3-12H2,1-2H3. The van der Waals surface area contributed by atoms with Crippen molar-refractivity contribution in [1.29, 1.82) is 0 Å². The van der Waals surface area contributed by atoms with Crippen LogP contribution in [-0.2, 0) is 4.79 Å². The maximum absolute atomic E-state index is 12.8. The zero-order valence-electron chi connectivity index (χ0n) is 12.5. The summed E-state index contributed by atoms with van der Waals surface area (Å²) in [6, 6.07) is 0. The summed E-state index contributed by atoms with van der Waals surface area (Å²) >= 11 is 0. The van der Waals surface area contributed by atoms with Gasteiger partial charge < -0.3 is 10.0 Å². The van der Waals surface area contributed by atoms with Gasteiger partial charge in [0.1, 0.15) is 0 Å². The van der Waals surface area contributed by atoms with Crippen molar-refractivity contribution in [3.05, 3.63) is 0 Å². The fourth-order valence-corrected chi connectivity index (χ4v) is 3.86. The molecule has 1 saturated carbocycles. The van der Waals surface area contributed by atoms with Crippen molar-refractivity contribution in [1.82, 2.24) is 4.90 Å². The molecule has 3 nitrogen and oxygen atoms in total. The Kier molecular flexibility index (Phi) is 4.88. The second-order valence-electron chi connectivity index (χ2n) is 7.09. The average molecular weight is 267 g/mol. The van der Waals surface area contributed by atoms with E-state index in [1.54, 1.807) is 0 Å². The van der Waals surface area contributed by atoms with Gasteiger partial charge in [0.15, 0.2) is 0 Å². The molecular weight excluding hydrogens is 238 g/mol. The van der Waals surface area contributed by atoms with Crippen LogP contribution < -0.4 is 0 Å². The van der Waals surface area contributed by atoms with E-state index in [9.17, 15) is 4.79 Å². The van der Waals surface area contributed by atoms with Gasteiger partial charge in [-0.05, 0) is 43.4 Å². The van der Waals surface area contributed by atoms with Crippen LogP contribution in [0.15, 0.2) is 0 Å². The van der Waals surface area contributed by atoms with Gasteiger partial charge in [-0.25, -0.2) is 0 Å². The van der Waals surface area contributed by atoms with Gasteiger partial charge in [-0.1, -0.05) is 26.7 Å². The Balaban J connectivity index is 1.98. The molecule has 2 unspecified atom stereocenters. The number of rotatable bonds is 3. The Morgan fingerprint density at radius 2 is 2.05 bits per heavy atom. The van der Waals surface area contributed by atoms with Crippen molar-refractivity contribution in [2.45, 2.75) is 58.8 Å². The quantitative estimate of drug-likeness (QED) is 0.854. The van der Waals surface area contributed by atoms with E-state index in [1.165, 1.54) is 25.7 Å². The molecule has 2 fully saturated rings. The van der Waals surface area contributed by atoms with E-state index >= 15 is 0 Å². The van der Waals surface area contributed by atoms with Gasteiger partial charge in [0.25, 0.3) is 0 Å². The van der Waals surface area contributed by atoms with Gasteiger partial charge in [0.2, 0.25) is 5.91 Å². The van der Waals surface area contributed by atoms with Crippen molar-refractivity contribution in [2.75, 3.05) is 19.7 Å². The number of aliphatic hydroxyl groups excluding tert-OH is 1. The number of aliphatic hydroxyl groups is 1. The number of likely N-dealkylation sites (tertiary alicyclic amines) is 1. The molecule has 1 amide bonds. The topological polar surface area (TPSA) is 40.5 Å². The van der Waals surface area contributed by atoms with E-state index in [1.807, 2.05) is 0 Å². The molecule has 19 heavy (non-hydrogen) atoms. The number of hydrogen-bond donors (Lipinski definition) is 1. The number of nitrogens with zero attached hydrogens (tertiary/aromatic N) is 1. The van der Waals surface area contributed by atoms with E-state index < -0.39 is 0 Å². The van der Waals surface area contributed by atoms with Crippen LogP contribution in [-0.4, -0.2) is 35.6 Å². The molecule has 0 aromatic heterocycles. The van der Waals surface area contributed by atoms with Crippen LogP contribution in [0.5, 0.6) is 0 Å². The van der Waals surface area contributed by atoms with Crippen LogP contribution in [0, 0.1) is 17.3 Å². The smallest absolute Gasteiger partial charge is 0.226 e. The lowest BCUT2D eigenvalue weighted by Gasteiger charge is -2.42. The Labute approximate surface area is 117 Å². The van der Waals surface area contributed by atoms with Crippen molar-refractivity contribution in [2.24, 2.45) is 17.3 Å². The molecule has 1 aliphatic heterocycles. The molecule has 1 N–H and O–H groups in total. The number of carbonyl (C=O) groups excluding carboxylic acids is 1. The molecule has 1 heterocycles. The highest BCUT2D eigenvalue weighted by Crippen LogP contribution is 2.41. The van der Waals surface area contributed by atoms with E-state index in [2.05, 4.69) is 18.7 Å². The summed E-state index contributed by atoms with van der Waals surface area (Å²) in [6.07, 6.45) is 7.82. The lowest BCUT2D eigenvalue weighted by Crippen LogP contribution is -2.47. The van der Waals surface area contributed by atoms with E-state index in [-0.39, 0.29) is 17.9 Å². The van der Waals surface area contributed by atoms with E-state index in [4.69, 9.17) is 5.11 Å². The van der Waals surface area contributed by atoms with Gasteiger partial charge in [-0.3, -0.25) is 4.79 Å². The summed E-state index contributed by atoms with van der Waals surface area (Å²) in [5, 5.41) is 9.07. The fourth-order valence-electron chi connectivity index (χ4n) is 3.86. The van der Waals surface area contributed by atoms with E-state index in [0.717, 1.165) is 32.4 Å². The molecule has 0 radical (unpaired) electrons. The molecule has 1 aliphatic carbocycles. The molecule has 2 aliphatic rings. The highest BCUT2D eigenvalue weighted by atomic mass is 16.3. The first-order valence-electron chi connectivity index (χ1n) is 7.94. The third kappa shape index (κ3) is 3.50. The normalized spacial score (nSPS) is 31.2. The van der Waals surface area contributed by atoms with Gasteiger partial charge in [0, 0.05) is 25.6 Å². The highest BCUT2D eigenvalue weighted by Gasteiger charge is 2.39. The maximum atomic E-state index is 12.8. The lowest BCUT2D eigenvalue weighted by molar-refractivity contribution is -0.143. The zero-order chi connectivity index (χ0) is 13.9. The summed E-state index contributed by atoms with van der Waals surface area (Å²) in [7, 11) is 0.